The first kappa shape index (κ1) is 18.4. The molecule has 2 N–H and O–H groups in total. The van der Waals surface area contributed by atoms with E-state index >= 15 is 0 Å². The third kappa shape index (κ3) is 4.48. The Labute approximate surface area is 164 Å². The zero-order chi connectivity index (χ0) is 19.2. The monoisotopic (exact) mass is 383 g/mol. The van der Waals surface area contributed by atoms with Crippen molar-refractivity contribution in [3.63, 3.8) is 0 Å². The Morgan fingerprint density at radius 1 is 1.04 bits per heavy atom. The Morgan fingerprint density at radius 3 is 2.75 bits per heavy atom. The van der Waals surface area contributed by atoms with Crippen LogP contribution in [0.4, 0.5) is 11.4 Å². The van der Waals surface area contributed by atoms with E-state index in [1.807, 2.05) is 30.3 Å². The lowest BCUT2D eigenvalue weighted by Crippen LogP contribution is -2.36. The number of rotatable bonds is 7. The maximum Gasteiger partial charge on any atom is 0.231 e. The molecule has 2 aromatic carbocycles. The summed E-state index contributed by atoms with van der Waals surface area (Å²) >= 11 is 0. The first-order valence-corrected chi connectivity index (χ1v) is 9.60. The van der Waals surface area contributed by atoms with Crippen LogP contribution in [0.2, 0.25) is 0 Å². The molecule has 1 fully saturated rings. The summed E-state index contributed by atoms with van der Waals surface area (Å²) in [5.41, 5.74) is 3.20. The molecule has 0 atom stereocenters. The van der Waals surface area contributed by atoms with Crippen molar-refractivity contribution in [3.05, 3.63) is 48.0 Å². The van der Waals surface area contributed by atoms with Gasteiger partial charge in [-0.1, -0.05) is 18.2 Å². The van der Waals surface area contributed by atoms with Gasteiger partial charge in [-0.3, -0.25) is 4.79 Å². The predicted octanol–water partition coefficient (Wildman–Crippen LogP) is 2.37. The molecule has 1 saturated heterocycles. The molecule has 2 heterocycles. The molecule has 0 aromatic heterocycles. The molecule has 0 bridgehead atoms. The van der Waals surface area contributed by atoms with Gasteiger partial charge in [0, 0.05) is 32.6 Å². The minimum atomic E-state index is 0.00835. The molecule has 28 heavy (non-hydrogen) atoms. The molecule has 2 aromatic rings. The number of carbonyl (C=O) groups is 1. The molecule has 7 nitrogen and oxygen atoms in total. The smallest absolute Gasteiger partial charge is 0.231 e. The minimum Gasteiger partial charge on any atom is -0.454 e. The number of anilines is 2. The van der Waals surface area contributed by atoms with Gasteiger partial charge in [0.2, 0.25) is 12.7 Å². The second-order valence-electron chi connectivity index (χ2n) is 6.76. The highest BCUT2D eigenvalue weighted by Crippen LogP contribution is 2.32. The number of fused-ring (bicyclic) bond motifs is 1. The Kier molecular flexibility index (Phi) is 5.82. The Bertz CT molecular complexity index is 821. The fourth-order valence-electron chi connectivity index (χ4n) is 3.35. The van der Waals surface area contributed by atoms with Gasteiger partial charge in [-0.25, -0.2) is 0 Å². The van der Waals surface area contributed by atoms with Crippen LogP contribution in [-0.2, 0) is 16.1 Å². The summed E-state index contributed by atoms with van der Waals surface area (Å²) in [7, 11) is 0. The average molecular weight is 383 g/mol. The molecule has 4 rings (SSSR count). The van der Waals surface area contributed by atoms with E-state index in [1.165, 1.54) is 0 Å². The SMILES string of the molecule is O=C(CCNc1ccccc1N1CCOCC1)NCc1ccc2c(c1)OCO2. The molecule has 2 aliphatic heterocycles. The third-order valence-corrected chi connectivity index (χ3v) is 4.85. The lowest BCUT2D eigenvalue weighted by Gasteiger charge is -2.30. The summed E-state index contributed by atoms with van der Waals surface area (Å²) in [5.74, 6) is 1.49. The molecule has 0 aliphatic carbocycles. The maximum atomic E-state index is 12.2. The van der Waals surface area contributed by atoms with E-state index in [0.29, 0.717) is 19.5 Å². The normalized spacial score (nSPS) is 15.4. The van der Waals surface area contributed by atoms with Crippen LogP contribution >= 0.6 is 0 Å². The number of nitrogens with zero attached hydrogens (tertiary/aromatic N) is 1. The summed E-state index contributed by atoms with van der Waals surface area (Å²) in [5, 5.41) is 6.35. The first-order chi connectivity index (χ1) is 13.8. The van der Waals surface area contributed by atoms with Gasteiger partial charge in [-0.15, -0.1) is 0 Å². The van der Waals surface area contributed by atoms with Crippen LogP contribution < -0.4 is 25.0 Å². The van der Waals surface area contributed by atoms with Gasteiger partial charge in [-0.05, 0) is 29.8 Å². The molecule has 7 heteroatoms. The van der Waals surface area contributed by atoms with Gasteiger partial charge in [0.05, 0.1) is 24.6 Å². The summed E-state index contributed by atoms with van der Waals surface area (Å²) in [6.45, 7) is 4.56. The topological polar surface area (TPSA) is 72.1 Å². The largest absolute Gasteiger partial charge is 0.454 e. The van der Waals surface area contributed by atoms with Crippen molar-refractivity contribution in [2.45, 2.75) is 13.0 Å². The number of morpholine rings is 1. The van der Waals surface area contributed by atoms with Crippen molar-refractivity contribution in [3.8, 4) is 11.5 Å². The standard InChI is InChI=1S/C21H25N3O4/c25-21(23-14-16-5-6-19-20(13-16)28-15-27-19)7-8-22-17-3-1-2-4-18(17)24-9-11-26-12-10-24/h1-6,13,22H,7-12,14-15H2,(H,23,25). The zero-order valence-electron chi connectivity index (χ0n) is 15.8. The quantitative estimate of drug-likeness (QED) is 0.765. The fraction of sp³-hybridized carbons (Fsp3) is 0.381. The van der Waals surface area contributed by atoms with Crippen molar-refractivity contribution in [1.82, 2.24) is 5.32 Å². The van der Waals surface area contributed by atoms with Gasteiger partial charge in [-0.2, -0.15) is 0 Å². The molecular weight excluding hydrogens is 358 g/mol. The van der Waals surface area contributed by atoms with Crippen LogP contribution in [0, 0.1) is 0 Å². The maximum absolute atomic E-state index is 12.2. The van der Waals surface area contributed by atoms with Gasteiger partial charge in [0.25, 0.3) is 0 Å². The number of hydrogen-bond acceptors (Lipinski definition) is 6. The lowest BCUT2D eigenvalue weighted by atomic mass is 10.2. The molecule has 148 valence electrons. The number of para-hydroxylation sites is 2. The number of ether oxygens (including phenoxy) is 3. The summed E-state index contributed by atoms with van der Waals surface area (Å²) in [6, 6.07) is 13.9. The van der Waals surface area contributed by atoms with Crippen molar-refractivity contribution < 1.29 is 19.0 Å². The number of carbonyl (C=O) groups excluding carboxylic acids is 1. The summed E-state index contributed by atoms with van der Waals surface area (Å²) in [4.78, 5) is 14.5. The van der Waals surface area contributed by atoms with E-state index in [0.717, 1.165) is 54.7 Å². The van der Waals surface area contributed by atoms with E-state index in [9.17, 15) is 4.79 Å². The molecular formula is C21H25N3O4. The second-order valence-corrected chi connectivity index (χ2v) is 6.76. The van der Waals surface area contributed by atoms with E-state index < -0.39 is 0 Å². The van der Waals surface area contributed by atoms with Crippen LogP contribution in [0.3, 0.4) is 0 Å². The number of nitrogens with one attached hydrogen (secondary N) is 2. The summed E-state index contributed by atoms with van der Waals surface area (Å²) < 4.78 is 16.1. The van der Waals surface area contributed by atoms with Crippen LogP contribution in [0.15, 0.2) is 42.5 Å². The van der Waals surface area contributed by atoms with E-state index in [2.05, 4.69) is 27.7 Å². The van der Waals surface area contributed by atoms with Crippen LogP contribution in [0.5, 0.6) is 11.5 Å². The first-order valence-electron chi connectivity index (χ1n) is 9.60. The van der Waals surface area contributed by atoms with E-state index in [-0.39, 0.29) is 12.7 Å². The van der Waals surface area contributed by atoms with Gasteiger partial charge in [0.15, 0.2) is 11.5 Å². The van der Waals surface area contributed by atoms with Crippen LogP contribution in [0.1, 0.15) is 12.0 Å². The summed E-state index contributed by atoms with van der Waals surface area (Å²) in [6.07, 6.45) is 0.405. The Hall–Kier alpha value is -2.93. The average Bonchev–Trinajstić information content (AvgIpc) is 3.21. The molecule has 0 unspecified atom stereocenters. The second kappa shape index (κ2) is 8.84. The third-order valence-electron chi connectivity index (χ3n) is 4.85. The van der Waals surface area contributed by atoms with Gasteiger partial charge in [0.1, 0.15) is 0 Å². The molecule has 0 spiro atoms. The van der Waals surface area contributed by atoms with E-state index in [1.54, 1.807) is 0 Å². The highest BCUT2D eigenvalue weighted by Gasteiger charge is 2.15. The number of amides is 1. The predicted molar refractivity (Wildman–Crippen MR) is 107 cm³/mol. The van der Waals surface area contributed by atoms with Crippen LogP contribution in [0.25, 0.3) is 0 Å². The highest BCUT2D eigenvalue weighted by molar-refractivity contribution is 5.77. The Balaban J connectivity index is 1.24. The Morgan fingerprint density at radius 2 is 1.86 bits per heavy atom. The van der Waals surface area contributed by atoms with Gasteiger partial charge >= 0.3 is 0 Å². The zero-order valence-corrected chi connectivity index (χ0v) is 15.8. The van der Waals surface area contributed by atoms with Crippen molar-refractivity contribution in [2.75, 3.05) is 49.9 Å². The molecule has 0 radical (unpaired) electrons. The lowest BCUT2D eigenvalue weighted by molar-refractivity contribution is -0.121. The van der Waals surface area contributed by atoms with Crippen molar-refractivity contribution in [1.29, 1.82) is 0 Å². The van der Waals surface area contributed by atoms with Crippen molar-refractivity contribution in [2.24, 2.45) is 0 Å². The van der Waals surface area contributed by atoms with Gasteiger partial charge < -0.3 is 29.7 Å². The molecule has 1 amide bonds. The molecule has 0 saturated carbocycles. The highest BCUT2D eigenvalue weighted by atomic mass is 16.7. The molecule has 2 aliphatic rings. The minimum absolute atomic E-state index is 0.00835. The van der Waals surface area contributed by atoms with Crippen LogP contribution in [-0.4, -0.2) is 45.5 Å². The fourth-order valence-corrected chi connectivity index (χ4v) is 3.35. The number of hydrogen-bond donors (Lipinski definition) is 2. The van der Waals surface area contributed by atoms with E-state index in [4.69, 9.17) is 14.2 Å². The number of benzene rings is 2. The van der Waals surface area contributed by atoms with Crippen molar-refractivity contribution >= 4 is 17.3 Å².